The van der Waals surface area contributed by atoms with Gasteiger partial charge in [-0.1, -0.05) is 160 Å². The maximum atomic E-state index is 13.2. The average molecular weight is 724 g/mol. The van der Waals surface area contributed by atoms with Crippen LogP contribution in [0.2, 0.25) is 0 Å². The number of rotatable bonds is 33. The van der Waals surface area contributed by atoms with Gasteiger partial charge in [-0.05, 0) is 50.3 Å². The van der Waals surface area contributed by atoms with Gasteiger partial charge in [-0.2, -0.15) is 0 Å². The normalized spacial score (nSPS) is 11.9. The van der Waals surface area contributed by atoms with E-state index >= 15 is 0 Å². The molecule has 0 bridgehead atoms. The summed E-state index contributed by atoms with van der Waals surface area (Å²) >= 11 is 0. The number of nitrogens with one attached hydrogen (secondary N) is 3. The number of ether oxygens (including phenoxy) is 1. The molecule has 1 rings (SSSR count). The van der Waals surface area contributed by atoms with E-state index in [1.807, 2.05) is 25.1 Å². The van der Waals surface area contributed by atoms with Crippen LogP contribution >= 0.6 is 0 Å². The molecule has 0 saturated heterocycles. The summed E-state index contributed by atoms with van der Waals surface area (Å²) < 4.78 is 5.30. The maximum Gasteiger partial charge on any atom is 0.336 e. The summed E-state index contributed by atoms with van der Waals surface area (Å²) in [6.45, 7) is 7.55. The molecule has 0 unspecified atom stereocenters. The van der Waals surface area contributed by atoms with Crippen LogP contribution in [0.3, 0.4) is 0 Å². The SMILES string of the molecule is C/C=C/C=C/C(=O)Oc1ccc(CCC(=O)N[C@@H](CCC(=O)NCCCCCCCCCCCC)C(=O)NCCCCCCCCCCCC)cc1. The number of hydrogen-bond acceptors (Lipinski definition) is 5. The van der Waals surface area contributed by atoms with E-state index in [0.29, 0.717) is 25.3 Å². The van der Waals surface area contributed by atoms with Gasteiger partial charge < -0.3 is 20.7 Å². The van der Waals surface area contributed by atoms with Gasteiger partial charge in [-0.25, -0.2) is 4.79 Å². The van der Waals surface area contributed by atoms with E-state index in [9.17, 15) is 19.2 Å². The molecule has 3 amide bonds. The molecule has 1 aromatic carbocycles. The molecule has 3 N–H and O–H groups in total. The molecule has 8 heteroatoms. The highest BCUT2D eigenvalue weighted by molar-refractivity contribution is 5.88. The Labute approximate surface area is 316 Å². The van der Waals surface area contributed by atoms with Crippen LogP contribution < -0.4 is 20.7 Å². The lowest BCUT2D eigenvalue weighted by Crippen LogP contribution is -2.47. The molecule has 0 saturated carbocycles. The summed E-state index contributed by atoms with van der Waals surface area (Å²) in [5.74, 6) is -0.601. The van der Waals surface area contributed by atoms with Gasteiger partial charge in [0.2, 0.25) is 17.7 Å². The van der Waals surface area contributed by atoms with Crippen molar-refractivity contribution in [3.63, 3.8) is 0 Å². The largest absolute Gasteiger partial charge is 0.423 e. The first-order valence-electron chi connectivity index (χ1n) is 20.8. The van der Waals surface area contributed by atoms with E-state index in [1.165, 1.54) is 109 Å². The number of unbranched alkanes of at least 4 members (excludes halogenated alkanes) is 18. The number of benzene rings is 1. The standard InChI is InChI=1S/C44H73N3O5/c1-4-7-10-12-14-16-18-20-22-25-36-45-41(48)35-33-40(44(51)46-37-26-23-21-19-17-15-13-11-8-5-2)47-42(49)34-30-38-28-31-39(32-29-38)52-43(50)27-24-9-6-3/h6,9,24,27-29,31-32,40H,4-5,7-8,10-23,25-26,30,33-37H2,1-3H3,(H,45,48)(H,46,51)(H,47,49)/b9-6+,27-24+/t40-/m0/s1. The Bertz CT molecular complexity index is 1130. The Morgan fingerprint density at radius 2 is 1.12 bits per heavy atom. The Morgan fingerprint density at radius 3 is 1.63 bits per heavy atom. The van der Waals surface area contributed by atoms with Crippen LogP contribution in [0.1, 0.15) is 174 Å². The molecule has 0 spiro atoms. The van der Waals surface area contributed by atoms with Crippen LogP contribution in [0, 0.1) is 0 Å². The lowest BCUT2D eigenvalue weighted by Gasteiger charge is -2.19. The summed E-state index contributed by atoms with van der Waals surface area (Å²) in [7, 11) is 0. The third-order valence-electron chi connectivity index (χ3n) is 9.31. The van der Waals surface area contributed by atoms with Crippen molar-refractivity contribution in [1.29, 1.82) is 0 Å². The van der Waals surface area contributed by atoms with Gasteiger partial charge in [-0.3, -0.25) is 14.4 Å². The first-order chi connectivity index (χ1) is 25.4. The van der Waals surface area contributed by atoms with E-state index in [-0.39, 0.29) is 37.0 Å². The van der Waals surface area contributed by atoms with Crippen molar-refractivity contribution >= 4 is 23.7 Å². The van der Waals surface area contributed by atoms with Crippen LogP contribution in [0.15, 0.2) is 48.6 Å². The molecule has 0 heterocycles. The Morgan fingerprint density at radius 1 is 0.615 bits per heavy atom. The molecule has 1 aromatic rings. The van der Waals surface area contributed by atoms with Gasteiger partial charge in [0.1, 0.15) is 11.8 Å². The van der Waals surface area contributed by atoms with Gasteiger partial charge in [-0.15, -0.1) is 0 Å². The fourth-order valence-electron chi connectivity index (χ4n) is 6.06. The third kappa shape index (κ3) is 27.3. The number of aryl methyl sites for hydroxylation is 1. The highest BCUT2D eigenvalue weighted by atomic mass is 16.5. The zero-order valence-electron chi connectivity index (χ0n) is 33.1. The molecule has 8 nitrogen and oxygen atoms in total. The van der Waals surface area contributed by atoms with Crippen molar-refractivity contribution in [3.05, 3.63) is 54.1 Å². The highest BCUT2D eigenvalue weighted by Crippen LogP contribution is 2.15. The van der Waals surface area contributed by atoms with E-state index in [0.717, 1.165) is 31.2 Å². The number of amides is 3. The van der Waals surface area contributed by atoms with Gasteiger partial charge in [0.15, 0.2) is 0 Å². The first kappa shape index (κ1) is 46.6. The topological polar surface area (TPSA) is 114 Å². The summed E-state index contributed by atoms with van der Waals surface area (Å²) in [6, 6.07) is 6.28. The Hall–Kier alpha value is -3.42. The summed E-state index contributed by atoms with van der Waals surface area (Å²) in [4.78, 5) is 50.7. The fraction of sp³-hybridized carbons (Fsp3) is 0.682. The first-order valence-corrected chi connectivity index (χ1v) is 20.8. The van der Waals surface area contributed by atoms with Crippen LogP contribution in [0.5, 0.6) is 5.75 Å². The zero-order chi connectivity index (χ0) is 37.9. The van der Waals surface area contributed by atoms with Crippen molar-refractivity contribution in [2.45, 2.75) is 181 Å². The van der Waals surface area contributed by atoms with E-state index < -0.39 is 12.0 Å². The molecule has 0 aliphatic rings. The monoisotopic (exact) mass is 724 g/mol. The van der Waals surface area contributed by atoms with Gasteiger partial charge >= 0.3 is 5.97 Å². The minimum Gasteiger partial charge on any atom is -0.423 e. The Kier molecular flexibility index (Phi) is 29.9. The predicted molar refractivity (Wildman–Crippen MR) is 215 cm³/mol. The van der Waals surface area contributed by atoms with Crippen LogP contribution in [0.4, 0.5) is 0 Å². The van der Waals surface area contributed by atoms with Crippen LogP contribution in [0.25, 0.3) is 0 Å². The molecule has 0 aliphatic heterocycles. The molecule has 1 atom stereocenters. The molecular formula is C44H73N3O5. The van der Waals surface area contributed by atoms with Crippen molar-refractivity contribution < 1.29 is 23.9 Å². The second kappa shape index (κ2) is 33.4. The van der Waals surface area contributed by atoms with Crippen LogP contribution in [-0.4, -0.2) is 42.8 Å². The van der Waals surface area contributed by atoms with Crippen molar-refractivity contribution in [2.75, 3.05) is 13.1 Å². The fourth-order valence-corrected chi connectivity index (χ4v) is 6.06. The summed E-state index contributed by atoms with van der Waals surface area (Å²) in [5.41, 5.74) is 0.910. The quantitative estimate of drug-likeness (QED) is 0.0220. The van der Waals surface area contributed by atoms with E-state index in [2.05, 4.69) is 29.8 Å². The summed E-state index contributed by atoms with van der Waals surface area (Å²) in [5, 5.41) is 8.90. The second-order valence-corrected chi connectivity index (χ2v) is 14.1. The third-order valence-corrected chi connectivity index (χ3v) is 9.31. The molecule has 0 radical (unpaired) electrons. The molecular weight excluding hydrogens is 650 g/mol. The second-order valence-electron chi connectivity index (χ2n) is 14.1. The van der Waals surface area contributed by atoms with Gasteiger partial charge in [0.05, 0.1) is 0 Å². The number of esters is 1. The highest BCUT2D eigenvalue weighted by Gasteiger charge is 2.21. The zero-order valence-corrected chi connectivity index (χ0v) is 33.1. The van der Waals surface area contributed by atoms with Crippen molar-refractivity contribution in [3.8, 4) is 5.75 Å². The smallest absolute Gasteiger partial charge is 0.336 e. The molecule has 0 aliphatic carbocycles. The minimum atomic E-state index is -0.768. The van der Waals surface area contributed by atoms with Crippen LogP contribution in [-0.2, 0) is 25.6 Å². The van der Waals surface area contributed by atoms with E-state index in [1.54, 1.807) is 24.3 Å². The molecule has 0 fully saturated rings. The number of carbonyl (C=O) groups is 4. The van der Waals surface area contributed by atoms with Crippen molar-refractivity contribution in [2.24, 2.45) is 0 Å². The minimum absolute atomic E-state index is 0.0872. The number of allylic oxidation sites excluding steroid dienone is 3. The van der Waals surface area contributed by atoms with Gasteiger partial charge in [0, 0.05) is 32.0 Å². The summed E-state index contributed by atoms with van der Waals surface area (Å²) in [6.07, 6.45) is 32.3. The lowest BCUT2D eigenvalue weighted by atomic mass is 10.1. The van der Waals surface area contributed by atoms with E-state index in [4.69, 9.17) is 4.74 Å². The lowest BCUT2D eigenvalue weighted by molar-refractivity contribution is -0.130. The number of carbonyl (C=O) groups excluding carboxylic acids is 4. The predicted octanol–water partition coefficient (Wildman–Crippen LogP) is 10.00. The van der Waals surface area contributed by atoms with Gasteiger partial charge in [0.25, 0.3) is 0 Å². The molecule has 0 aromatic heterocycles. The van der Waals surface area contributed by atoms with Crippen molar-refractivity contribution in [1.82, 2.24) is 16.0 Å². The maximum absolute atomic E-state index is 13.2. The molecule has 52 heavy (non-hydrogen) atoms. The molecule has 294 valence electrons. The average Bonchev–Trinajstić information content (AvgIpc) is 3.14. The number of hydrogen-bond donors (Lipinski definition) is 3. The Balaban J connectivity index is 2.50.